The van der Waals surface area contributed by atoms with Crippen molar-refractivity contribution in [1.29, 1.82) is 5.41 Å². The summed E-state index contributed by atoms with van der Waals surface area (Å²) in [6, 6.07) is 50.9. The third-order valence-electron chi connectivity index (χ3n) is 8.71. The van der Waals surface area contributed by atoms with E-state index in [1.165, 1.54) is 0 Å². The normalized spacial score (nSPS) is 12.3. The van der Waals surface area contributed by atoms with Crippen molar-refractivity contribution in [2.75, 3.05) is 0 Å². The number of hydrogen-bond acceptors (Lipinski definition) is 9. The maximum absolute atomic E-state index is 14.4. The fourth-order valence-electron chi connectivity index (χ4n) is 5.29. The minimum absolute atomic E-state index is 0.322. The van der Waals surface area contributed by atoms with Crippen molar-refractivity contribution >= 4 is 21.9 Å². The zero-order valence-corrected chi connectivity index (χ0v) is 34.9. The van der Waals surface area contributed by atoms with E-state index in [-0.39, 0.29) is 5.66 Å². The van der Waals surface area contributed by atoms with Gasteiger partial charge in [-0.25, -0.2) is 9.13 Å². The molecule has 0 fully saturated rings. The van der Waals surface area contributed by atoms with E-state index in [0.717, 1.165) is 11.1 Å². The first-order valence-corrected chi connectivity index (χ1v) is 21.5. The van der Waals surface area contributed by atoms with Crippen LogP contribution in [0.3, 0.4) is 0 Å². The van der Waals surface area contributed by atoms with Crippen LogP contribution in [0.4, 0.5) is 0 Å². The zero-order valence-electron chi connectivity index (χ0n) is 33.1. The summed E-state index contributed by atoms with van der Waals surface area (Å²) in [5, 5.41) is 12.8. The van der Waals surface area contributed by atoms with Gasteiger partial charge in [0.2, 0.25) is 5.34 Å². The largest absolute Gasteiger partial charge is 0.508 e. The molecule has 0 aliphatic rings. The molecule has 0 heterocycles. The van der Waals surface area contributed by atoms with Crippen molar-refractivity contribution < 1.29 is 37.1 Å². The molecule has 0 bridgehead atoms. The van der Waals surface area contributed by atoms with Crippen LogP contribution in [-0.4, -0.2) is 22.8 Å². The molecule has 0 spiro atoms. The van der Waals surface area contributed by atoms with Crippen LogP contribution >= 0.6 is 15.2 Å². The van der Waals surface area contributed by atoms with Crippen LogP contribution in [-0.2, 0) is 14.5 Å². The number of phenols is 1. The molecule has 9 nitrogen and oxygen atoms in total. The molecule has 298 valence electrons. The Hall–Kier alpha value is -5.75. The second kappa shape index (κ2) is 19.9. The van der Waals surface area contributed by atoms with Gasteiger partial charge in [-0.1, -0.05) is 111 Å². The second-order valence-corrected chi connectivity index (χ2v) is 18.9. The molecular formula is C46H51NO8P2. The number of aromatic hydroxyl groups is 1. The number of ether oxygens (including phenoxy) is 1. The van der Waals surface area contributed by atoms with Crippen LogP contribution in [0.25, 0.3) is 0 Å². The highest BCUT2D eigenvalue weighted by atomic mass is 31.2. The molecule has 0 saturated carbocycles. The quantitative estimate of drug-likeness (QED) is 0.0823. The van der Waals surface area contributed by atoms with Crippen molar-refractivity contribution in [3.63, 3.8) is 0 Å². The summed E-state index contributed by atoms with van der Waals surface area (Å²) in [6.45, 7) is 13.8. The molecule has 1 unspecified atom stereocenters. The van der Waals surface area contributed by atoms with Crippen molar-refractivity contribution in [1.82, 2.24) is 0 Å². The van der Waals surface area contributed by atoms with Gasteiger partial charge in [-0.3, -0.25) is 0 Å². The van der Waals surface area contributed by atoms with E-state index in [0.29, 0.717) is 34.5 Å². The lowest BCUT2D eigenvalue weighted by Gasteiger charge is -2.33. The first-order chi connectivity index (χ1) is 27.2. The predicted octanol–water partition coefficient (Wildman–Crippen LogP) is 13.2. The average Bonchev–Trinajstić information content (AvgIpc) is 3.20. The maximum Gasteiger partial charge on any atom is 0.473 e. The number of rotatable bonds is 14. The van der Waals surface area contributed by atoms with Crippen LogP contribution in [0, 0.1) is 5.41 Å². The Bertz CT molecular complexity index is 2140. The highest BCUT2D eigenvalue weighted by Crippen LogP contribution is 2.59. The first-order valence-electron chi connectivity index (χ1n) is 18.3. The van der Waals surface area contributed by atoms with Crippen molar-refractivity contribution in [3.8, 4) is 34.5 Å². The molecule has 1 atom stereocenters. The van der Waals surface area contributed by atoms with Gasteiger partial charge in [-0.2, -0.15) is 0 Å². The summed E-state index contributed by atoms with van der Waals surface area (Å²) < 4.78 is 58.3. The zero-order chi connectivity index (χ0) is 41.5. The SMILES string of the molecule is C=N.CC(C)P(=O)(Oc1ccccc1)Oc1ccc(C(C)(C)c2ccc(OC(C)(C)P(=O)(Oc3ccccc3)Oc3ccccc3)cc2)cc1.Oc1ccccc1. The van der Waals surface area contributed by atoms with Gasteiger partial charge >= 0.3 is 15.2 Å². The Morgan fingerprint density at radius 2 is 0.807 bits per heavy atom. The summed E-state index contributed by atoms with van der Waals surface area (Å²) in [5.74, 6) is 2.63. The Balaban J connectivity index is 0.000000712. The molecule has 0 saturated heterocycles. The van der Waals surface area contributed by atoms with E-state index >= 15 is 0 Å². The summed E-state index contributed by atoms with van der Waals surface area (Å²) in [6.07, 6.45) is 0. The lowest BCUT2D eigenvalue weighted by Crippen LogP contribution is -2.33. The number of para-hydroxylation sites is 4. The lowest BCUT2D eigenvalue weighted by molar-refractivity contribution is 0.157. The van der Waals surface area contributed by atoms with Gasteiger partial charge in [-0.15, -0.1) is 0 Å². The van der Waals surface area contributed by atoms with Crippen LogP contribution in [0.2, 0.25) is 0 Å². The molecule has 57 heavy (non-hydrogen) atoms. The van der Waals surface area contributed by atoms with E-state index in [9.17, 15) is 9.13 Å². The molecule has 11 heteroatoms. The Kier molecular flexibility index (Phi) is 15.4. The van der Waals surface area contributed by atoms with Gasteiger partial charge in [0.15, 0.2) is 0 Å². The topological polar surface area (TPSA) is 124 Å². The summed E-state index contributed by atoms with van der Waals surface area (Å²) in [4.78, 5) is 0. The van der Waals surface area contributed by atoms with Crippen LogP contribution in [0.1, 0.15) is 52.7 Å². The average molecular weight is 808 g/mol. The second-order valence-electron chi connectivity index (χ2n) is 14.0. The molecule has 0 aliphatic heterocycles. The minimum atomic E-state index is -3.93. The van der Waals surface area contributed by atoms with Gasteiger partial charge in [0, 0.05) is 5.41 Å². The maximum atomic E-state index is 14.4. The van der Waals surface area contributed by atoms with Gasteiger partial charge in [0.05, 0.1) is 5.66 Å². The number of phenolic OH excluding ortho intramolecular Hbond substituents is 1. The summed E-state index contributed by atoms with van der Waals surface area (Å²) >= 11 is 0. The fourth-order valence-corrected chi connectivity index (χ4v) is 8.08. The highest BCUT2D eigenvalue weighted by Gasteiger charge is 2.49. The van der Waals surface area contributed by atoms with E-state index in [2.05, 4.69) is 20.6 Å². The van der Waals surface area contributed by atoms with E-state index < -0.39 is 25.9 Å². The van der Waals surface area contributed by atoms with Crippen molar-refractivity contribution in [2.45, 2.75) is 58.0 Å². The molecular weight excluding hydrogens is 756 g/mol. The highest BCUT2D eigenvalue weighted by molar-refractivity contribution is 7.56. The molecule has 6 aromatic carbocycles. The summed E-state index contributed by atoms with van der Waals surface area (Å²) in [7, 11) is -7.41. The Morgan fingerprint density at radius 3 is 1.14 bits per heavy atom. The first kappa shape index (κ1) is 44.0. The van der Waals surface area contributed by atoms with Crippen LogP contribution in [0.5, 0.6) is 34.5 Å². The predicted molar refractivity (Wildman–Crippen MR) is 230 cm³/mol. The third kappa shape index (κ3) is 12.1. The molecule has 0 aromatic heterocycles. The van der Waals surface area contributed by atoms with E-state index in [4.69, 9.17) is 33.3 Å². The molecule has 0 radical (unpaired) electrons. The smallest absolute Gasteiger partial charge is 0.473 e. The molecule has 6 aromatic rings. The van der Waals surface area contributed by atoms with Crippen molar-refractivity contribution in [2.24, 2.45) is 0 Å². The number of benzene rings is 6. The number of hydrogen-bond donors (Lipinski definition) is 2. The third-order valence-corrected chi connectivity index (χ3v) is 13.2. The number of nitrogens with one attached hydrogen (secondary N) is 1. The Morgan fingerprint density at radius 1 is 0.491 bits per heavy atom. The van der Waals surface area contributed by atoms with Crippen LogP contribution < -0.4 is 22.8 Å². The summed E-state index contributed by atoms with van der Waals surface area (Å²) in [5.41, 5.74) is 1.33. The Labute approximate surface area is 336 Å². The van der Waals surface area contributed by atoms with E-state index in [1.54, 1.807) is 74.5 Å². The molecule has 0 aliphatic carbocycles. The van der Waals surface area contributed by atoms with E-state index in [1.807, 2.05) is 123 Å². The van der Waals surface area contributed by atoms with Gasteiger partial charge in [-0.05, 0) is 118 Å². The minimum Gasteiger partial charge on any atom is -0.508 e. The van der Waals surface area contributed by atoms with Gasteiger partial charge in [0.25, 0.3) is 0 Å². The monoisotopic (exact) mass is 807 g/mol. The fraction of sp³-hybridized carbons (Fsp3) is 0.196. The molecule has 2 N–H and O–H groups in total. The molecule has 0 amide bonds. The lowest BCUT2D eigenvalue weighted by atomic mass is 9.78. The molecule has 6 rings (SSSR count). The van der Waals surface area contributed by atoms with Gasteiger partial charge in [0.1, 0.15) is 34.5 Å². The van der Waals surface area contributed by atoms with Crippen molar-refractivity contribution in [3.05, 3.63) is 181 Å². The van der Waals surface area contributed by atoms with Gasteiger partial charge < -0.3 is 33.3 Å². The van der Waals surface area contributed by atoms with Crippen LogP contribution in [0.15, 0.2) is 170 Å². The standard InChI is InChI=1S/C39H42O7P2.C6H6O.CH3N/c1-30(2)47(40,43-34-16-10-7-11-17-34)44-37-28-24-32(25-29-37)38(3,4)31-22-26-33(27-23-31)42-39(5,6)48(41,45-35-18-12-8-13-19-35)46-36-20-14-9-15-21-36;7-6-4-2-1-3-5-6;1-2/h7-30H,1-6H3;1-5,7H;2H,1H2.